The highest BCUT2D eigenvalue weighted by Crippen LogP contribution is 2.43. The molecule has 1 fully saturated rings. The van der Waals surface area contributed by atoms with Crippen molar-refractivity contribution in [3.05, 3.63) is 58.7 Å². The molecule has 3 heterocycles. The van der Waals surface area contributed by atoms with Crippen LogP contribution in [0.1, 0.15) is 49.8 Å². The molecule has 0 saturated carbocycles. The Morgan fingerprint density at radius 1 is 1.19 bits per heavy atom. The Balaban J connectivity index is 1.53. The molecule has 1 saturated heterocycles. The van der Waals surface area contributed by atoms with E-state index < -0.39 is 12.2 Å². The van der Waals surface area contributed by atoms with Gasteiger partial charge >= 0.3 is 0 Å². The average molecular weight is 451 g/mol. The van der Waals surface area contributed by atoms with Crippen molar-refractivity contribution in [3.8, 4) is 16.9 Å². The summed E-state index contributed by atoms with van der Waals surface area (Å²) >= 11 is 6.49. The molecule has 0 aliphatic carbocycles. The largest absolute Gasteiger partial charge is 0.479 e. The van der Waals surface area contributed by atoms with Crippen molar-refractivity contribution in [1.82, 2.24) is 9.88 Å². The van der Waals surface area contributed by atoms with Gasteiger partial charge in [0.05, 0.1) is 11.6 Å². The summed E-state index contributed by atoms with van der Waals surface area (Å²) in [5.74, 6) is 0.802. The van der Waals surface area contributed by atoms with Crippen LogP contribution in [0.15, 0.2) is 42.6 Å². The molecule has 2 unspecified atom stereocenters. The van der Waals surface area contributed by atoms with Crippen molar-refractivity contribution in [2.24, 2.45) is 0 Å². The molecule has 166 valence electrons. The van der Waals surface area contributed by atoms with Crippen molar-refractivity contribution in [3.63, 3.8) is 0 Å². The number of aliphatic hydroxyl groups excluding tert-OH is 1. The van der Waals surface area contributed by atoms with Gasteiger partial charge in [0.15, 0.2) is 6.10 Å². The lowest BCUT2D eigenvalue weighted by Gasteiger charge is -2.28. The molecular formula is C26H27ClN2O3. The third-order valence-electron chi connectivity index (χ3n) is 6.57. The van der Waals surface area contributed by atoms with Crippen LogP contribution >= 0.6 is 11.6 Å². The minimum atomic E-state index is -0.509. The fraction of sp³-hybridized carbons (Fsp3) is 0.385. The highest BCUT2D eigenvalue weighted by molar-refractivity contribution is 6.31. The molecule has 2 aromatic carbocycles. The van der Waals surface area contributed by atoms with Gasteiger partial charge in [0.2, 0.25) is 0 Å². The molecule has 5 rings (SSSR count). The van der Waals surface area contributed by atoms with Crippen molar-refractivity contribution in [2.75, 3.05) is 13.1 Å². The predicted molar refractivity (Wildman–Crippen MR) is 126 cm³/mol. The minimum absolute atomic E-state index is 0.0701. The maximum absolute atomic E-state index is 13.1. The standard InChI is InChI=1S/C26H27ClN2O3/c1-2-23(30)16-6-7-20-19(8-9-28-22(20)13-16)21-15-18(27)12-17-14-24(32-25(17)21)26(31)29-10-4-3-5-11-29/h6-9,12-13,15,23-24,30H,2-5,10-11,14H2,1H3. The van der Waals surface area contributed by atoms with Crippen LogP contribution < -0.4 is 4.74 Å². The van der Waals surface area contributed by atoms with Gasteiger partial charge in [-0.25, -0.2) is 0 Å². The monoisotopic (exact) mass is 450 g/mol. The van der Waals surface area contributed by atoms with Gasteiger partial charge in [-0.1, -0.05) is 30.7 Å². The van der Waals surface area contributed by atoms with Crippen molar-refractivity contribution in [2.45, 2.75) is 51.2 Å². The summed E-state index contributed by atoms with van der Waals surface area (Å²) in [5, 5.41) is 11.8. The van der Waals surface area contributed by atoms with Gasteiger partial charge in [-0.3, -0.25) is 9.78 Å². The number of rotatable bonds is 4. The molecule has 2 aliphatic rings. The maximum Gasteiger partial charge on any atom is 0.263 e. The number of pyridine rings is 1. The Morgan fingerprint density at radius 2 is 2.00 bits per heavy atom. The zero-order valence-electron chi connectivity index (χ0n) is 18.2. The van der Waals surface area contributed by atoms with E-state index in [9.17, 15) is 9.90 Å². The second-order valence-electron chi connectivity index (χ2n) is 8.70. The van der Waals surface area contributed by atoms with Crippen molar-refractivity contribution in [1.29, 1.82) is 0 Å². The van der Waals surface area contributed by atoms with Crippen LogP contribution in [0.4, 0.5) is 0 Å². The van der Waals surface area contributed by atoms with Crippen molar-refractivity contribution < 1.29 is 14.6 Å². The molecular weight excluding hydrogens is 424 g/mol. The summed E-state index contributed by atoms with van der Waals surface area (Å²) in [6.45, 7) is 3.57. The fourth-order valence-electron chi connectivity index (χ4n) is 4.82. The number of ether oxygens (including phenoxy) is 1. The fourth-order valence-corrected chi connectivity index (χ4v) is 5.06. The highest BCUT2D eigenvalue weighted by atomic mass is 35.5. The number of likely N-dealkylation sites (tertiary alicyclic amines) is 1. The molecule has 5 nitrogen and oxygen atoms in total. The van der Waals surface area contributed by atoms with E-state index in [0.717, 1.165) is 64.8 Å². The first-order chi connectivity index (χ1) is 15.5. The Morgan fingerprint density at radius 3 is 2.78 bits per heavy atom. The SMILES string of the molecule is CCC(O)c1ccc2c(-c3cc(Cl)cc4c3OC(C(=O)N3CCCCC3)C4)ccnc2c1. The lowest BCUT2D eigenvalue weighted by Crippen LogP contribution is -2.43. The number of carbonyl (C=O) groups is 1. The number of carbonyl (C=O) groups excluding carboxylic acids is 1. The number of aliphatic hydroxyl groups is 1. The number of piperidine rings is 1. The van der Waals surface area contributed by atoms with Crippen LogP contribution in [-0.2, 0) is 11.2 Å². The van der Waals surface area contributed by atoms with Gasteiger partial charge < -0.3 is 14.7 Å². The second kappa shape index (κ2) is 8.72. The Labute approximate surface area is 193 Å². The van der Waals surface area contributed by atoms with E-state index in [1.54, 1.807) is 6.20 Å². The van der Waals surface area contributed by atoms with E-state index in [-0.39, 0.29) is 5.91 Å². The van der Waals surface area contributed by atoms with Crippen LogP contribution in [0.25, 0.3) is 22.0 Å². The smallest absolute Gasteiger partial charge is 0.263 e. The summed E-state index contributed by atoms with van der Waals surface area (Å²) in [5.41, 5.74) is 4.45. The van der Waals surface area contributed by atoms with Crippen LogP contribution in [0.2, 0.25) is 5.02 Å². The molecule has 2 atom stereocenters. The highest BCUT2D eigenvalue weighted by Gasteiger charge is 2.35. The summed E-state index contributed by atoms with van der Waals surface area (Å²) in [6.07, 6.45) is 5.23. The quantitative estimate of drug-likeness (QED) is 0.584. The Bertz CT molecular complexity index is 1170. The van der Waals surface area contributed by atoms with Gasteiger partial charge in [0.25, 0.3) is 5.91 Å². The number of aromatic nitrogens is 1. The zero-order chi connectivity index (χ0) is 22.2. The first-order valence-electron chi connectivity index (χ1n) is 11.4. The van der Waals surface area contributed by atoms with Gasteiger partial charge in [0, 0.05) is 47.2 Å². The molecule has 0 bridgehead atoms. The van der Waals surface area contributed by atoms with E-state index in [1.165, 1.54) is 6.42 Å². The number of benzene rings is 2. The molecule has 32 heavy (non-hydrogen) atoms. The second-order valence-corrected chi connectivity index (χ2v) is 9.13. The Hall–Kier alpha value is -2.63. The van der Waals surface area contributed by atoms with Gasteiger partial charge in [-0.15, -0.1) is 0 Å². The number of amides is 1. The van der Waals surface area contributed by atoms with Gasteiger partial charge in [0.1, 0.15) is 5.75 Å². The third kappa shape index (κ3) is 3.84. The third-order valence-corrected chi connectivity index (χ3v) is 6.79. The number of nitrogens with zero attached hydrogens (tertiary/aromatic N) is 2. The van der Waals surface area contributed by atoms with Crippen LogP contribution in [0.5, 0.6) is 5.75 Å². The minimum Gasteiger partial charge on any atom is -0.479 e. The molecule has 1 amide bonds. The number of fused-ring (bicyclic) bond motifs is 2. The summed E-state index contributed by atoms with van der Waals surface area (Å²) in [6, 6.07) is 11.6. The summed E-state index contributed by atoms with van der Waals surface area (Å²) < 4.78 is 6.28. The van der Waals surface area contributed by atoms with Crippen LogP contribution in [0, 0.1) is 0 Å². The lowest BCUT2D eigenvalue weighted by molar-refractivity contribution is -0.138. The molecule has 0 spiro atoms. The molecule has 3 aromatic rings. The first-order valence-corrected chi connectivity index (χ1v) is 11.8. The molecule has 2 aliphatic heterocycles. The number of halogens is 1. The molecule has 0 radical (unpaired) electrons. The average Bonchev–Trinajstić information content (AvgIpc) is 3.26. The molecule has 1 N–H and O–H groups in total. The maximum atomic E-state index is 13.1. The summed E-state index contributed by atoms with van der Waals surface area (Å²) in [7, 11) is 0. The van der Waals surface area contributed by atoms with E-state index >= 15 is 0 Å². The van der Waals surface area contributed by atoms with E-state index in [2.05, 4.69) is 4.98 Å². The number of hydrogen-bond acceptors (Lipinski definition) is 4. The first kappa shape index (κ1) is 21.2. The molecule has 6 heteroatoms. The van der Waals surface area contributed by atoms with Crippen LogP contribution in [-0.4, -0.2) is 40.1 Å². The van der Waals surface area contributed by atoms with E-state index in [4.69, 9.17) is 16.3 Å². The van der Waals surface area contributed by atoms with Crippen molar-refractivity contribution >= 4 is 28.4 Å². The molecule has 1 aromatic heterocycles. The summed E-state index contributed by atoms with van der Waals surface area (Å²) in [4.78, 5) is 19.5. The Kier molecular flexibility index (Phi) is 5.78. The zero-order valence-corrected chi connectivity index (χ0v) is 18.9. The van der Waals surface area contributed by atoms with E-state index in [1.807, 2.05) is 48.2 Å². The van der Waals surface area contributed by atoms with Gasteiger partial charge in [-0.2, -0.15) is 0 Å². The topological polar surface area (TPSA) is 62.7 Å². The van der Waals surface area contributed by atoms with Gasteiger partial charge in [-0.05, 0) is 61.1 Å². The van der Waals surface area contributed by atoms with Crippen LogP contribution in [0.3, 0.4) is 0 Å². The predicted octanol–water partition coefficient (Wildman–Crippen LogP) is 5.31. The lowest BCUT2D eigenvalue weighted by atomic mass is 9.96. The van der Waals surface area contributed by atoms with E-state index in [0.29, 0.717) is 17.9 Å². The normalized spacial score (nSPS) is 19.0. The number of hydrogen-bond donors (Lipinski definition) is 1.